The molecule has 1 aliphatic heterocycles. The van der Waals surface area contributed by atoms with Gasteiger partial charge >= 0.3 is 12.2 Å². The van der Waals surface area contributed by atoms with Crippen molar-refractivity contribution in [1.82, 2.24) is 15.1 Å². The molecule has 1 fully saturated rings. The Morgan fingerprint density at radius 2 is 1.89 bits per heavy atom. The van der Waals surface area contributed by atoms with Crippen LogP contribution in [-0.4, -0.2) is 73.3 Å². The zero-order chi connectivity index (χ0) is 21.5. The molecule has 0 aromatic heterocycles. The lowest BCUT2D eigenvalue weighted by Crippen LogP contribution is -2.52. The van der Waals surface area contributed by atoms with Crippen molar-refractivity contribution in [3.63, 3.8) is 0 Å². The molecule has 0 aromatic carbocycles. The van der Waals surface area contributed by atoms with Crippen LogP contribution in [-0.2, 0) is 14.3 Å². The van der Waals surface area contributed by atoms with Crippen LogP contribution in [0, 0.1) is 11.8 Å². The molecule has 0 aliphatic carbocycles. The third-order valence-electron chi connectivity index (χ3n) is 4.55. The van der Waals surface area contributed by atoms with Gasteiger partial charge in [-0.25, -0.2) is 9.59 Å². The summed E-state index contributed by atoms with van der Waals surface area (Å²) in [4.78, 5) is 40.2. The average molecular weight is 400 g/mol. The zero-order valence-corrected chi connectivity index (χ0v) is 18.4. The SMILES string of the molecule is COC(=O)NC(CC(C)C)C(=O)N1CCCC(CN(C)C(=O)OC(C)(C)C)C1. The Labute approximate surface area is 168 Å². The first-order chi connectivity index (χ1) is 12.9. The molecule has 0 aromatic rings. The Bertz CT molecular complexity index is 544. The number of amides is 3. The number of hydrogen-bond acceptors (Lipinski definition) is 5. The van der Waals surface area contributed by atoms with Gasteiger partial charge in [0.25, 0.3) is 0 Å². The molecule has 1 aliphatic rings. The molecular weight excluding hydrogens is 362 g/mol. The number of nitrogens with zero attached hydrogens (tertiary/aromatic N) is 2. The summed E-state index contributed by atoms with van der Waals surface area (Å²) in [5, 5.41) is 2.66. The Hall–Kier alpha value is -1.99. The van der Waals surface area contributed by atoms with Gasteiger partial charge in [-0.2, -0.15) is 0 Å². The molecule has 2 unspecified atom stereocenters. The fourth-order valence-corrected chi connectivity index (χ4v) is 3.33. The summed E-state index contributed by atoms with van der Waals surface area (Å²) in [5.74, 6) is 0.335. The number of carbonyl (C=O) groups excluding carboxylic acids is 3. The van der Waals surface area contributed by atoms with E-state index in [-0.39, 0.29) is 23.8 Å². The summed E-state index contributed by atoms with van der Waals surface area (Å²) in [6, 6.07) is -0.602. The van der Waals surface area contributed by atoms with E-state index in [9.17, 15) is 14.4 Å². The molecule has 0 radical (unpaired) electrons. The van der Waals surface area contributed by atoms with Crippen LogP contribution in [0.1, 0.15) is 53.9 Å². The Balaban J connectivity index is 2.70. The van der Waals surface area contributed by atoms with Gasteiger partial charge in [0.15, 0.2) is 0 Å². The number of likely N-dealkylation sites (tertiary alicyclic amines) is 1. The van der Waals surface area contributed by atoms with Crippen molar-refractivity contribution in [2.45, 2.75) is 65.5 Å². The molecule has 1 saturated heterocycles. The lowest BCUT2D eigenvalue weighted by atomic mass is 9.95. The maximum Gasteiger partial charge on any atom is 0.410 e. The fraction of sp³-hybridized carbons (Fsp3) is 0.850. The largest absolute Gasteiger partial charge is 0.453 e. The highest BCUT2D eigenvalue weighted by Gasteiger charge is 2.32. The summed E-state index contributed by atoms with van der Waals surface area (Å²) in [5.41, 5.74) is -0.538. The van der Waals surface area contributed by atoms with Crippen LogP contribution in [0.2, 0.25) is 0 Å². The van der Waals surface area contributed by atoms with Crippen LogP contribution in [0.5, 0.6) is 0 Å². The third-order valence-corrected chi connectivity index (χ3v) is 4.55. The standard InChI is InChI=1S/C20H37N3O5/c1-14(2)11-16(21-18(25)27-7)17(24)23-10-8-9-15(13-23)12-22(6)19(26)28-20(3,4)5/h14-16H,8-13H2,1-7H3,(H,21,25). The number of rotatable bonds is 6. The van der Waals surface area contributed by atoms with Crippen molar-refractivity contribution in [2.24, 2.45) is 11.8 Å². The van der Waals surface area contributed by atoms with E-state index in [2.05, 4.69) is 10.1 Å². The predicted octanol–water partition coefficient (Wildman–Crippen LogP) is 2.86. The van der Waals surface area contributed by atoms with Gasteiger partial charge in [0.2, 0.25) is 5.91 Å². The molecular formula is C20H37N3O5. The second-order valence-electron chi connectivity index (χ2n) is 8.97. The topological polar surface area (TPSA) is 88.2 Å². The van der Waals surface area contributed by atoms with Crippen molar-refractivity contribution >= 4 is 18.1 Å². The molecule has 0 spiro atoms. The predicted molar refractivity (Wildman–Crippen MR) is 107 cm³/mol. The number of piperidine rings is 1. The molecule has 3 amide bonds. The van der Waals surface area contributed by atoms with Gasteiger partial charge < -0.3 is 24.6 Å². The number of ether oxygens (including phenoxy) is 2. The Morgan fingerprint density at radius 1 is 1.25 bits per heavy atom. The molecule has 1 N–H and O–H groups in total. The summed E-state index contributed by atoms with van der Waals surface area (Å²) < 4.78 is 10.1. The first-order valence-corrected chi connectivity index (χ1v) is 10.00. The van der Waals surface area contributed by atoms with Crippen LogP contribution >= 0.6 is 0 Å². The molecule has 8 heteroatoms. The van der Waals surface area contributed by atoms with Gasteiger partial charge in [-0.1, -0.05) is 13.8 Å². The molecule has 28 heavy (non-hydrogen) atoms. The highest BCUT2D eigenvalue weighted by atomic mass is 16.6. The highest BCUT2D eigenvalue weighted by molar-refractivity contribution is 5.85. The van der Waals surface area contributed by atoms with Crippen molar-refractivity contribution in [1.29, 1.82) is 0 Å². The smallest absolute Gasteiger partial charge is 0.410 e. The van der Waals surface area contributed by atoms with E-state index >= 15 is 0 Å². The third kappa shape index (κ3) is 8.35. The van der Waals surface area contributed by atoms with Crippen molar-refractivity contribution < 1.29 is 23.9 Å². The number of nitrogens with one attached hydrogen (secondary N) is 1. The van der Waals surface area contributed by atoms with Crippen molar-refractivity contribution in [3.8, 4) is 0 Å². The second-order valence-corrected chi connectivity index (χ2v) is 8.97. The van der Waals surface area contributed by atoms with Crippen LogP contribution in [0.15, 0.2) is 0 Å². The number of hydrogen-bond donors (Lipinski definition) is 1. The van der Waals surface area contributed by atoms with Gasteiger partial charge in [0.1, 0.15) is 11.6 Å². The number of alkyl carbamates (subject to hydrolysis) is 1. The van der Waals surface area contributed by atoms with E-state index in [4.69, 9.17) is 4.74 Å². The first kappa shape index (κ1) is 24.0. The quantitative estimate of drug-likeness (QED) is 0.742. The van der Waals surface area contributed by atoms with Crippen LogP contribution < -0.4 is 5.32 Å². The minimum atomic E-state index is -0.602. The molecule has 162 valence electrons. The van der Waals surface area contributed by atoms with E-state index < -0.39 is 17.7 Å². The summed E-state index contributed by atoms with van der Waals surface area (Å²) in [6.45, 7) is 11.3. The van der Waals surface area contributed by atoms with E-state index in [0.29, 0.717) is 26.1 Å². The van der Waals surface area contributed by atoms with Gasteiger partial charge in [-0.3, -0.25) is 4.79 Å². The second kappa shape index (κ2) is 10.5. The van der Waals surface area contributed by atoms with E-state index in [1.54, 1.807) is 16.8 Å². The Morgan fingerprint density at radius 3 is 2.43 bits per heavy atom. The van der Waals surface area contributed by atoms with Gasteiger partial charge in [-0.05, 0) is 51.9 Å². The van der Waals surface area contributed by atoms with E-state index in [1.807, 2.05) is 34.6 Å². The zero-order valence-electron chi connectivity index (χ0n) is 18.4. The average Bonchev–Trinajstić information content (AvgIpc) is 2.58. The molecule has 8 nitrogen and oxygen atoms in total. The minimum Gasteiger partial charge on any atom is -0.453 e. The summed E-state index contributed by atoms with van der Waals surface area (Å²) in [6.07, 6.45) is 1.40. The van der Waals surface area contributed by atoms with E-state index in [0.717, 1.165) is 12.8 Å². The first-order valence-electron chi connectivity index (χ1n) is 10.00. The highest BCUT2D eigenvalue weighted by Crippen LogP contribution is 2.20. The maximum atomic E-state index is 13.0. The lowest BCUT2D eigenvalue weighted by molar-refractivity contribution is -0.135. The molecule has 1 rings (SSSR count). The van der Waals surface area contributed by atoms with Crippen LogP contribution in [0.3, 0.4) is 0 Å². The summed E-state index contributed by atoms with van der Waals surface area (Å²) in [7, 11) is 3.00. The van der Waals surface area contributed by atoms with Gasteiger partial charge in [-0.15, -0.1) is 0 Å². The fourth-order valence-electron chi connectivity index (χ4n) is 3.33. The maximum absolute atomic E-state index is 13.0. The molecule has 0 bridgehead atoms. The number of methoxy groups -OCH3 is 1. The summed E-state index contributed by atoms with van der Waals surface area (Å²) >= 11 is 0. The monoisotopic (exact) mass is 399 g/mol. The normalized spacial score (nSPS) is 18.4. The lowest BCUT2D eigenvalue weighted by Gasteiger charge is -2.37. The molecule has 0 saturated carbocycles. The van der Waals surface area contributed by atoms with Crippen LogP contribution in [0.4, 0.5) is 9.59 Å². The van der Waals surface area contributed by atoms with Gasteiger partial charge in [0.05, 0.1) is 7.11 Å². The van der Waals surface area contributed by atoms with Crippen LogP contribution in [0.25, 0.3) is 0 Å². The van der Waals surface area contributed by atoms with Gasteiger partial charge in [0, 0.05) is 26.7 Å². The van der Waals surface area contributed by atoms with Crippen molar-refractivity contribution in [3.05, 3.63) is 0 Å². The molecule has 1 heterocycles. The molecule has 2 atom stereocenters. The van der Waals surface area contributed by atoms with Crippen molar-refractivity contribution in [2.75, 3.05) is 33.8 Å². The Kier molecular flexibility index (Phi) is 9.04. The minimum absolute atomic E-state index is 0.0938. The number of carbonyl (C=O) groups is 3. The van der Waals surface area contributed by atoms with E-state index in [1.165, 1.54) is 7.11 Å².